The van der Waals surface area contributed by atoms with Crippen LogP contribution in [0.25, 0.3) is 11.5 Å². The molecule has 0 saturated carbocycles. The standard InChI is InChI=1S/C11H15N3OS2/c1-8(12)2-4-17-7-10-13-11(15-14-10)9-3-5-16-6-9/h3,5-6,8H,2,4,7,12H2,1H3. The van der Waals surface area contributed by atoms with E-state index in [0.29, 0.717) is 5.89 Å². The lowest BCUT2D eigenvalue weighted by Gasteiger charge is -2.01. The van der Waals surface area contributed by atoms with Crippen molar-refractivity contribution in [3.05, 3.63) is 22.7 Å². The van der Waals surface area contributed by atoms with Crippen LogP contribution in [0.15, 0.2) is 21.3 Å². The van der Waals surface area contributed by atoms with Gasteiger partial charge in [0.1, 0.15) is 0 Å². The third kappa shape index (κ3) is 3.83. The molecule has 0 amide bonds. The summed E-state index contributed by atoms with van der Waals surface area (Å²) in [6.07, 6.45) is 1.01. The fourth-order valence-corrected chi connectivity index (χ4v) is 2.86. The van der Waals surface area contributed by atoms with Crippen molar-refractivity contribution in [1.29, 1.82) is 0 Å². The summed E-state index contributed by atoms with van der Waals surface area (Å²) in [7, 11) is 0. The molecule has 4 nitrogen and oxygen atoms in total. The highest BCUT2D eigenvalue weighted by Crippen LogP contribution is 2.21. The van der Waals surface area contributed by atoms with Gasteiger partial charge in [0.05, 0.1) is 11.3 Å². The zero-order chi connectivity index (χ0) is 12.1. The maximum Gasteiger partial charge on any atom is 0.258 e. The van der Waals surface area contributed by atoms with Crippen LogP contribution in [0.5, 0.6) is 0 Å². The Labute approximate surface area is 109 Å². The molecule has 2 heterocycles. The average Bonchev–Trinajstić information content (AvgIpc) is 2.94. The summed E-state index contributed by atoms with van der Waals surface area (Å²) in [5, 5.41) is 7.95. The molecule has 0 bridgehead atoms. The van der Waals surface area contributed by atoms with Crippen LogP contribution in [0, 0.1) is 0 Å². The molecule has 1 atom stereocenters. The summed E-state index contributed by atoms with van der Waals surface area (Å²) in [6, 6.07) is 2.24. The molecule has 92 valence electrons. The minimum Gasteiger partial charge on any atom is -0.334 e. The lowest BCUT2D eigenvalue weighted by atomic mass is 10.3. The van der Waals surface area contributed by atoms with E-state index >= 15 is 0 Å². The predicted molar refractivity (Wildman–Crippen MR) is 72.0 cm³/mol. The van der Waals surface area contributed by atoms with Gasteiger partial charge in [-0.2, -0.15) is 28.1 Å². The van der Waals surface area contributed by atoms with Gasteiger partial charge in [-0.25, -0.2) is 0 Å². The van der Waals surface area contributed by atoms with E-state index in [2.05, 4.69) is 10.1 Å². The highest BCUT2D eigenvalue weighted by atomic mass is 32.2. The minimum absolute atomic E-state index is 0.258. The Balaban J connectivity index is 1.83. The van der Waals surface area contributed by atoms with Gasteiger partial charge in [-0.3, -0.25) is 0 Å². The summed E-state index contributed by atoms with van der Waals surface area (Å²) < 4.78 is 5.19. The van der Waals surface area contributed by atoms with Crippen LogP contribution < -0.4 is 5.73 Å². The number of aromatic nitrogens is 2. The lowest BCUT2D eigenvalue weighted by molar-refractivity contribution is 0.425. The van der Waals surface area contributed by atoms with Crippen molar-refractivity contribution in [3.8, 4) is 11.5 Å². The van der Waals surface area contributed by atoms with Gasteiger partial charge in [-0.1, -0.05) is 5.16 Å². The maximum absolute atomic E-state index is 5.68. The average molecular weight is 269 g/mol. The maximum atomic E-state index is 5.68. The van der Waals surface area contributed by atoms with Crippen LogP contribution in [-0.4, -0.2) is 21.9 Å². The van der Waals surface area contributed by atoms with Gasteiger partial charge in [0, 0.05) is 11.4 Å². The molecule has 0 aliphatic rings. The van der Waals surface area contributed by atoms with Gasteiger partial charge >= 0.3 is 0 Å². The van der Waals surface area contributed by atoms with Crippen LogP contribution in [0.2, 0.25) is 0 Å². The molecule has 0 spiro atoms. The molecule has 2 aromatic heterocycles. The molecular formula is C11H15N3OS2. The highest BCUT2D eigenvalue weighted by Gasteiger charge is 2.08. The first-order valence-corrected chi connectivity index (χ1v) is 7.54. The van der Waals surface area contributed by atoms with E-state index in [4.69, 9.17) is 10.3 Å². The predicted octanol–water partition coefficient (Wildman–Crippen LogP) is 2.77. The first-order valence-electron chi connectivity index (χ1n) is 5.44. The smallest absolute Gasteiger partial charge is 0.258 e. The van der Waals surface area contributed by atoms with E-state index in [-0.39, 0.29) is 6.04 Å². The van der Waals surface area contributed by atoms with Crippen LogP contribution in [-0.2, 0) is 5.75 Å². The van der Waals surface area contributed by atoms with Crippen molar-refractivity contribution in [2.24, 2.45) is 5.73 Å². The third-order valence-electron chi connectivity index (χ3n) is 2.18. The Morgan fingerprint density at radius 2 is 2.47 bits per heavy atom. The Hall–Kier alpha value is -0.850. The molecular weight excluding hydrogens is 254 g/mol. The van der Waals surface area contributed by atoms with Gasteiger partial charge in [0.15, 0.2) is 5.82 Å². The summed E-state index contributed by atoms with van der Waals surface area (Å²) in [4.78, 5) is 4.35. The minimum atomic E-state index is 0.258. The Kier molecular flexibility index (Phi) is 4.58. The van der Waals surface area contributed by atoms with Crippen LogP contribution in [0.1, 0.15) is 19.2 Å². The van der Waals surface area contributed by atoms with E-state index in [1.165, 1.54) is 0 Å². The number of rotatable bonds is 6. The molecule has 2 N–H and O–H groups in total. The molecule has 6 heteroatoms. The van der Waals surface area contributed by atoms with E-state index in [0.717, 1.165) is 29.3 Å². The second kappa shape index (κ2) is 6.18. The van der Waals surface area contributed by atoms with Crippen molar-refractivity contribution in [2.75, 3.05) is 5.75 Å². The molecule has 17 heavy (non-hydrogen) atoms. The van der Waals surface area contributed by atoms with Gasteiger partial charge in [-0.05, 0) is 30.5 Å². The molecule has 2 rings (SSSR count). The van der Waals surface area contributed by atoms with Crippen molar-refractivity contribution < 1.29 is 4.52 Å². The van der Waals surface area contributed by atoms with E-state index < -0.39 is 0 Å². The van der Waals surface area contributed by atoms with E-state index in [9.17, 15) is 0 Å². The zero-order valence-corrected chi connectivity index (χ0v) is 11.3. The van der Waals surface area contributed by atoms with Crippen molar-refractivity contribution in [1.82, 2.24) is 10.1 Å². The fraction of sp³-hybridized carbons (Fsp3) is 0.455. The number of nitrogens with two attached hydrogens (primary N) is 1. The number of thiophene rings is 1. The monoisotopic (exact) mass is 269 g/mol. The summed E-state index contributed by atoms with van der Waals surface area (Å²) >= 11 is 3.40. The number of hydrogen-bond donors (Lipinski definition) is 1. The molecule has 0 saturated heterocycles. The van der Waals surface area contributed by atoms with Crippen LogP contribution in [0.4, 0.5) is 0 Å². The molecule has 0 radical (unpaired) electrons. The van der Waals surface area contributed by atoms with Crippen molar-refractivity contribution in [2.45, 2.75) is 25.1 Å². The Morgan fingerprint density at radius 1 is 1.59 bits per heavy atom. The number of thioether (sulfide) groups is 1. The molecule has 0 fully saturated rings. The Bertz CT molecular complexity index is 439. The van der Waals surface area contributed by atoms with Gasteiger partial charge < -0.3 is 10.3 Å². The second-order valence-corrected chi connectivity index (χ2v) is 5.73. The zero-order valence-electron chi connectivity index (χ0n) is 9.63. The van der Waals surface area contributed by atoms with Gasteiger partial charge in [0.25, 0.3) is 5.89 Å². The van der Waals surface area contributed by atoms with Crippen molar-refractivity contribution in [3.63, 3.8) is 0 Å². The SMILES string of the molecule is CC(N)CCSCc1noc(-c2ccsc2)n1. The third-order valence-corrected chi connectivity index (χ3v) is 3.85. The highest BCUT2D eigenvalue weighted by molar-refractivity contribution is 7.98. The van der Waals surface area contributed by atoms with Gasteiger partial charge in [-0.15, -0.1) is 0 Å². The number of hydrogen-bond acceptors (Lipinski definition) is 6. The fourth-order valence-electron chi connectivity index (χ4n) is 1.25. The van der Waals surface area contributed by atoms with Crippen LogP contribution >= 0.6 is 23.1 Å². The summed E-state index contributed by atoms with van der Waals surface area (Å²) in [6.45, 7) is 2.02. The summed E-state index contributed by atoms with van der Waals surface area (Å²) in [5.74, 6) is 3.16. The molecule has 0 aliphatic carbocycles. The largest absolute Gasteiger partial charge is 0.334 e. The first kappa shape index (κ1) is 12.6. The molecule has 0 aromatic carbocycles. The molecule has 2 aromatic rings. The first-order chi connectivity index (χ1) is 8.25. The Morgan fingerprint density at radius 3 is 3.18 bits per heavy atom. The van der Waals surface area contributed by atoms with Crippen molar-refractivity contribution >= 4 is 23.1 Å². The topological polar surface area (TPSA) is 64.9 Å². The summed E-state index contributed by atoms with van der Waals surface area (Å²) in [5.41, 5.74) is 6.67. The quantitative estimate of drug-likeness (QED) is 0.817. The normalized spacial score (nSPS) is 12.8. The molecule has 0 aliphatic heterocycles. The van der Waals surface area contributed by atoms with Gasteiger partial charge in [0.2, 0.25) is 0 Å². The van der Waals surface area contributed by atoms with E-state index in [1.807, 2.05) is 23.8 Å². The second-order valence-electron chi connectivity index (χ2n) is 3.85. The van der Waals surface area contributed by atoms with E-state index in [1.54, 1.807) is 23.1 Å². The van der Waals surface area contributed by atoms with Crippen LogP contribution in [0.3, 0.4) is 0 Å². The lowest BCUT2D eigenvalue weighted by Crippen LogP contribution is -2.15. The number of nitrogens with zero attached hydrogens (tertiary/aromatic N) is 2. The molecule has 1 unspecified atom stereocenters.